The van der Waals surface area contributed by atoms with Gasteiger partial charge in [0.15, 0.2) is 0 Å². The molecule has 0 radical (unpaired) electrons. The lowest BCUT2D eigenvalue weighted by Crippen LogP contribution is -2.19. The molecule has 1 amide bonds. The molecule has 0 spiro atoms. The number of nitrogens with one attached hydrogen (secondary N) is 1. The second-order valence-corrected chi connectivity index (χ2v) is 3.78. The normalized spacial score (nSPS) is 11.4. The van der Waals surface area contributed by atoms with Crippen LogP contribution >= 0.6 is 0 Å². The summed E-state index contributed by atoms with van der Waals surface area (Å²) in [5.74, 6) is -2.79. The number of rotatable bonds is 2. The van der Waals surface area contributed by atoms with Crippen LogP contribution in [0.4, 0.5) is 23.4 Å². The number of pyridine rings is 1. The molecule has 2 aromatic heterocycles. The summed E-state index contributed by atoms with van der Waals surface area (Å²) in [5.41, 5.74) is -2.04. The molecule has 0 bridgehead atoms. The van der Waals surface area contributed by atoms with Crippen molar-refractivity contribution < 1.29 is 26.9 Å². The molecule has 0 saturated heterocycles. The molecule has 0 aliphatic carbocycles. The number of hydrogen-bond donors (Lipinski definition) is 1. The third-order valence-electron chi connectivity index (χ3n) is 2.39. The minimum Gasteiger partial charge on any atom is -0.335 e. The first-order valence-corrected chi connectivity index (χ1v) is 5.25. The average Bonchev–Trinajstić information content (AvgIpc) is 2.70. The molecule has 106 valence electrons. The van der Waals surface area contributed by atoms with E-state index in [1.807, 2.05) is 5.32 Å². The molecule has 0 aliphatic rings. The van der Waals surface area contributed by atoms with Gasteiger partial charge in [0.25, 0.3) is 11.8 Å². The number of anilines is 1. The molecule has 5 nitrogen and oxygen atoms in total. The summed E-state index contributed by atoms with van der Waals surface area (Å²) in [5, 5.41) is 5.11. The Balaban J connectivity index is 2.33. The highest BCUT2D eigenvalue weighted by Gasteiger charge is 2.35. The monoisotopic (exact) mass is 289 g/mol. The first-order chi connectivity index (χ1) is 9.30. The molecule has 0 saturated carbocycles. The van der Waals surface area contributed by atoms with Gasteiger partial charge in [-0.1, -0.05) is 5.16 Å². The molecular weight excluding hydrogens is 282 g/mol. The quantitative estimate of drug-likeness (QED) is 0.863. The minimum absolute atomic E-state index is 0.123. The van der Waals surface area contributed by atoms with E-state index < -0.39 is 34.9 Å². The molecule has 0 fully saturated rings. The molecular formula is C11H7F4N3O2. The maximum absolute atomic E-state index is 13.4. The van der Waals surface area contributed by atoms with E-state index >= 15 is 0 Å². The third kappa shape index (κ3) is 2.60. The van der Waals surface area contributed by atoms with Crippen LogP contribution < -0.4 is 5.32 Å². The van der Waals surface area contributed by atoms with Gasteiger partial charge in [0.2, 0.25) is 5.82 Å². The van der Waals surface area contributed by atoms with Crippen LogP contribution in [0, 0.1) is 12.7 Å². The van der Waals surface area contributed by atoms with Gasteiger partial charge in [0.05, 0.1) is 11.1 Å². The van der Waals surface area contributed by atoms with E-state index in [0.29, 0.717) is 6.07 Å². The molecule has 0 atom stereocenters. The Bertz CT molecular complexity index is 651. The lowest BCUT2D eigenvalue weighted by Gasteiger charge is -2.10. The number of aryl methyl sites for hydroxylation is 1. The molecule has 9 heteroatoms. The number of aromatic nitrogens is 2. The molecule has 0 unspecified atom stereocenters. The Morgan fingerprint density at radius 1 is 1.40 bits per heavy atom. The van der Waals surface area contributed by atoms with E-state index in [1.165, 1.54) is 6.92 Å². The smallest absolute Gasteiger partial charge is 0.335 e. The SMILES string of the molecule is Cc1noc(NC(=O)c2cnccc2C(F)(F)F)c1F. The number of nitrogens with zero attached hydrogens (tertiary/aromatic N) is 2. The van der Waals surface area contributed by atoms with Crippen LogP contribution in [-0.2, 0) is 6.18 Å². The maximum atomic E-state index is 13.4. The van der Waals surface area contributed by atoms with Crippen molar-refractivity contribution in [2.75, 3.05) is 5.32 Å². The molecule has 2 heterocycles. The van der Waals surface area contributed by atoms with Crippen molar-refractivity contribution in [1.29, 1.82) is 0 Å². The lowest BCUT2D eigenvalue weighted by atomic mass is 10.1. The summed E-state index contributed by atoms with van der Waals surface area (Å²) in [6.07, 6.45) is -3.09. The topological polar surface area (TPSA) is 68.0 Å². The summed E-state index contributed by atoms with van der Waals surface area (Å²) in [4.78, 5) is 15.2. The molecule has 1 N–H and O–H groups in total. The average molecular weight is 289 g/mol. The van der Waals surface area contributed by atoms with Crippen molar-refractivity contribution in [3.05, 3.63) is 41.1 Å². The van der Waals surface area contributed by atoms with Gasteiger partial charge in [-0.15, -0.1) is 0 Å². The first-order valence-electron chi connectivity index (χ1n) is 5.25. The van der Waals surface area contributed by atoms with E-state index in [9.17, 15) is 22.4 Å². The molecule has 20 heavy (non-hydrogen) atoms. The fourth-order valence-corrected chi connectivity index (χ4v) is 1.43. The Hall–Kier alpha value is -2.45. The Morgan fingerprint density at radius 3 is 2.65 bits per heavy atom. The standard InChI is InChI=1S/C11H7F4N3O2/c1-5-8(12)10(20-18-5)17-9(19)6-4-16-3-2-7(6)11(13,14)15/h2-4H,1H3,(H,17,19). The van der Waals surface area contributed by atoms with Crippen molar-refractivity contribution >= 4 is 11.8 Å². The summed E-state index contributed by atoms with van der Waals surface area (Å²) in [7, 11) is 0. The van der Waals surface area contributed by atoms with Crippen molar-refractivity contribution in [2.24, 2.45) is 0 Å². The van der Waals surface area contributed by atoms with Crippen LogP contribution in [-0.4, -0.2) is 16.0 Å². The van der Waals surface area contributed by atoms with Gasteiger partial charge in [-0.3, -0.25) is 15.1 Å². The molecule has 2 rings (SSSR count). The minimum atomic E-state index is -4.73. The maximum Gasteiger partial charge on any atom is 0.417 e. The predicted molar refractivity (Wildman–Crippen MR) is 58.4 cm³/mol. The van der Waals surface area contributed by atoms with Gasteiger partial charge in [-0.05, 0) is 13.0 Å². The first kappa shape index (κ1) is 14.0. The number of alkyl halides is 3. The molecule has 0 aromatic carbocycles. The zero-order valence-electron chi connectivity index (χ0n) is 9.95. The second kappa shape index (κ2) is 4.91. The van der Waals surface area contributed by atoms with E-state index in [4.69, 9.17) is 0 Å². The van der Waals surface area contributed by atoms with Crippen LogP contribution in [0.15, 0.2) is 23.0 Å². The Kier molecular flexibility index (Phi) is 3.43. The van der Waals surface area contributed by atoms with Crippen LogP contribution in [0.5, 0.6) is 0 Å². The fraction of sp³-hybridized carbons (Fsp3) is 0.182. The Morgan fingerprint density at radius 2 is 2.10 bits per heavy atom. The van der Waals surface area contributed by atoms with Crippen molar-refractivity contribution in [3.63, 3.8) is 0 Å². The van der Waals surface area contributed by atoms with Crippen LogP contribution in [0.2, 0.25) is 0 Å². The zero-order chi connectivity index (χ0) is 14.9. The number of hydrogen-bond acceptors (Lipinski definition) is 4. The highest BCUT2D eigenvalue weighted by Crippen LogP contribution is 2.31. The van der Waals surface area contributed by atoms with E-state index in [0.717, 1.165) is 12.4 Å². The predicted octanol–water partition coefficient (Wildman–Crippen LogP) is 2.79. The van der Waals surface area contributed by atoms with Crippen LogP contribution in [0.25, 0.3) is 0 Å². The summed E-state index contributed by atoms with van der Waals surface area (Å²) in [6, 6.07) is 0.650. The van der Waals surface area contributed by atoms with Crippen molar-refractivity contribution in [3.8, 4) is 0 Å². The summed E-state index contributed by atoms with van der Waals surface area (Å²) < 4.78 is 56.0. The number of halogens is 4. The van der Waals surface area contributed by atoms with Crippen LogP contribution in [0.1, 0.15) is 21.6 Å². The molecule has 2 aromatic rings. The van der Waals surface area contributed by atoms with Gasteiger partial charge in [-0.25, -0.2) is 0 Å². The number of amides is 1. The second-order valence-electron chi connectivity index (χ2n) is 3.78. The van der Waals surface area contributed by atoms with Gasteiger partial charge in [0, 0.05) is 12.4 Å². The third-order valence-corrected chi connectivity index (χ3v) is 2.39. The summed E-state index contributed by atoms with van der Waals surface area (Å²) >= 11 is 0. The molecule has 0 aliphatic heterocycles. The Labute approximate surface area is 109 Å². The van der Waals surface area contributed by atoms with E-state index in [2.05, 4.69) is 14.7 Å². The van der Waals surface area contributed by atoms with Crippen LogP contribution in [0.3, 0.4) is 0 Å². The highest BCUT2D eigenvalue weighted by molar-refractivity contribution is 6.04. The number of carbonyl (C=O) groups excluding carboxylic acids is 1. The van der Waals surface area contributed by atoms with Gasteiger partial charge in [0.1, 0.15) is 5.69 Å². The van der Waals surface area contributed by atoms with Crippen molar-refractivity contribution in [1.82, 2.24) is 10.1 Å². The van der Waals surface area contributed by atoms with Gasteiger partial charge >= 0.3 is 6.18 Å². The van der Waals surface area contributed by atoms with E-state index in [1.54, 1.807) is 0 Å². The van der Waals surface area contributed by atoms with Gasteiger partial charge in [-0.2, -0.15) is 17.6 Å². The largest absolute Gasteiger partial charge is 0.417 e. The zero-order valence-corrected chi connectivity index (χ0v) is 9.95. The van der Waals surface area contributed by atoms with Gasteiger partial charge < -0.3 is 4.52 Å². The van der Waals surface area contributed by atoms with E-state index in [-0.39, 0.29) is 5.69 Å². The lowest BCUT2D eigenvalue weighted by molar-refractivity contribution is -0.138. The summed E-state index contributed by atoms with van der Waals surface area (Å²) in [6.45, 7) is 1.28. The number of carbonyl (C=O) groups is 1. The van der Waals surface area contributed by atoms with Crippen molar-refractivity contribution in [2.45, 2.75) is 13.1 Å². The fourth-order valence-electron chi connectivity index (χ4n) is 1.43. The highest BCUT2D eigenvalue weighted by atomic mass is 19.4.